The number of carbonyl (C=O) groups is 2. The van der Waals surface area contributed by atoms with Crippen molar-refractivity contribution in [1.29, 1.82) is 0 Å². The summed E-state index contributed by atoms with van der Waals surface area (Å²) in [5.74, 6) is -1.86. The van der Waals surface area contributed by atoms with E-state index in [1.54, 1.807) is 0 Å². The monoisotopic (exact) mass is 1010 g/mol. The van der Waals surface area contributed by atoms with Crippen molar-refractivity contribution in [3.63, 3.8) is 0 Å². The molecule has 0 atom stereocenters. The SMILES string of the molecule is CCCCCC(=O)[O-].CCCCCC(=O)[O-].N.N.N.N.NCCCCCCNCCNCCCCCCN.O=[N+]([O-])O.[Pt].[Pt]. The number of aliphatic carboxylic acids is 2. The second-order valence-corrected chi connectivity index (χ2v) is 8.80. The maximum atomic E-state index is 9.76. The first-order valence-electron chi connectivity index (χ1n) is 14.2. The minimum absolute atomic E-state index is 0. The number of carboxylic acid groups (broad SMARTS) is 2. The Morgan fingerprint density at radius 3 is 1.09 bits per heavy atom. The zero-order valence-electron chi connectivity index (χ0n) is 27.5. The fourth-order valence-electron chi connectivity index (χ4n) is 2.96. The summed E-state index contributed by atoms with van der Waals surface area (Å²) in [7, 11) is 0. The van der Waals surface area contributed by atoms with Gasteiger partial charge in [-0.05, 0) is 77.5 Å². The molecule has 0 aliphatic rings. The van der Waals surface area contributed by atoms with Crippen molar-refractivity contribution in [2.45, 2.75) is 117 Å². The average Bonchev–Trinajstić information content (AvgIpc) is 2.85. The molecule has 0 rings (SSSR count). The van der Waals surface area contributed by atoms with Crippen LogP contribution in [-0.2, 0) is 51.7 Å². The molecular weight excluding hydrogens is 940 g/mol. The number of unbranched alkanes of at least 4 members (excludes halogenated alkanes) is 10. The van der Waals surface area contributed by atoms with Gasteiger partial charge in [0.15, 0.2) is 0 Å². The van der Waals surface area contributed by atoms with Crippen LogP contribution in [0.4, 0.5) is 0 Å². The minimum atomic E-state index is -1.50. The fourth-order valence-corrected chi connectivity index (χ4v) is 2.96. The van der Waals surface area contributed by atoms with Gasteiger partial charge in [-0.25, -0.2) is 0 Å². The van der Waals surface area contributed by atoms with Crippen LogP contribution in [0.1, 0.15) is 117 Å². The maximum Gasteiger partial charge on any atom is 0.291 e. The van der Waals surface area contributed by atoms with Crippen LogP contribution in [-0.4, -0.2) is 61.5 Å². The average molecular weight is 1010 g/mol. The number of carboxylic acids is 2. The van der Waals surface area contributed by atoms with Gasteiger partial charge in [-0.2, -0.15) is 0 Å². The van der Waals surface area contributed by atoms with E-state index in [0.717, 1.165) is 77.8 Å². The number of hydrogen-bond donors (Lipinski definition) is 9. The van der Waals surface area contributed by atoms with Gasteiger partial charge < -0.3 is 71.7 Å². The Balaban J connectivity index is -0.0000000475. The molecule has 18 heteroatoms. The number of carbonyl (C=O) groups excluding carboxylic acids is 2. The molecule has 0 fully saturated rings. The molecule has 0 saturated carbocycles. The molecule has 0 saturated heterocycles. The van der Waals surface area contributed by atoms with Crippen LogP contribution in [0, 0.1) is 10.1 Å². The van der Waals surface area contributed by atoms with E-state index in [0.29, 0.717) is 0 Å². The molecular formula is C26H69N9O7Pt2-2. The van der Waals surface area contributed by atoms with Crippen LogP contribution >= 0.6 is 0 Å². The van der Waals surface area contributed by atoms with E-state index in [1.165, 1.54) is 51.4 Å². The maximum absolute atomic E-state index is 9.76. The van der Waals surface area contributed by atoms with Gasteiger partial charge in [0.1, 0.15) is 0 Å². The van der Waals surface area contributed by atoms with Gasteiger partial charge in [-0.3, -0.25) is 0 Å². The molecule has 0 aromatic carbocycles. The van der Waals surface area contributed by atoms with Gasteiger partial charge in [0.05, 0.1) is 0 Å². The van der Waals surface area contributed by atoms with Crippen molar-refractivity contribution < 1.29 is 72.2 Å². The predicted octanol–water partition coefficient (Wildman–Crippen LogP) is 2.13. The smallest absolute Gasteiger partial charge is 0.291 e. The van der Waals surface area contributed by atoms with Crippen LogP contribution in [0.25, 0.3) is 0 Å². The number of nitrogens with one attached hydrogen (secondary N) is 2. The first-order chi connectivity index (χ1) is 18.2. The molecule has 19 N–H and O–H groups in total. The van der Waals surface area contributed by atoms with Crippen LogP contribution in [0.2, 0.25) is 0 Å². The van der Waals surface area contributed by atoms with Crippen molar-refractivity contribution in [2.24, 2.45) is 11.5 Å². The van der Waals surface area contributed by atoms with E-state index in [-0.39, 0.29) is 79.6 Å². The van der Waals surface area contributed by atoms with Crippen molar-refractivity contribution in [3.05, 3.63) is 10.1 Å². The van der Waals surface area contributed by atoms with E-state index >= 15 is 0 Å². The molecule has 44 heavy (non-hydrogen) atoms. The summed E-state index contributed by atoms with van der Waals surface area (Å²) in [6.45, 7) is 10.2. The Morgan fingerprint density at radius 1 is 0.591 bits per heavy atom. The first kappa shape index (κ1) is 69.8. The summed E-state index contributed by atoms with van der Waals surface area (Å²) in [5, 5.41) is 40.1. The molecule has 0 aromatic rings. The van der Waals surface area contributed by atoms with E-state index in [9.17, 15) is 19.8 Å². The van der Waals surface area contributed by atoms with Crippen LogP contribution in [0.3, 0.4) is 0 Å². The predicted molar refractivity (Wildman–Crippen MR) is 168 cm³/mol. The second kappa shape index (κ2) is 69.1. The zero-order valence-corrected chi connectivity index (χ0v) is 32.1. The molecule has 0 unspecified atom stereocenters. The molecule has 282 valence electrons. The van der Waals surface area contributed by atoms with E-state index in [1.807, 2.05) is 13.8 Å². The summed E-state index contributed by atoms with van der Waals surface area (Å²) < 4.78 is 0. The summed E-state index contributed by atoms with van der Waals surface area (Å²) in [6, 6.07) is 0. The Labute approximate surface area is 295 Å². The zero-order chi connectivity index (χ0) is 29.7. The Hall–Kier alpha value is -0.803. The summed E-state index contributed by atoms with van der Waals surface area (Å²) in [6.07, 6.45) is 16.1. The quantitative estimate of drug-likeness (QED) is 0.0402. The molecule has 0 aliphatic carbocycles. The third-order valence-electron chi connectivity index (χ3n) is 5.06. The van der Waals surface area contributed by atoms with E-state index in [4.69, 9.17) is 26.8 Å². The standard InChI is InChI=1S/C14H34N4.2C6H12O2.HNO3.4H3N.2Pt/c15-9-5-1-3-7-11-17-13-14-18-12-8-4-2-6-10-16;2*1-2-3-4-5-6(7)8;2-1(3)4;;;;;;/h17-18H,1-16H2;2*2-5H2,1H3,(H,7,8);(H,2,3,4);4*1H3;;/p-2. The van der Waals surface area contributed by atoms with Gasteiger partial charge in [0.2, 0.25) is 0 Å². The van der Waals surface area contributed by atoms with Crippen molar-refractivity contribution >= 4 is 11.9 Å². The fraction of sp³-hybridized carbons (Fsp3) is 0.923. The van der Waals surface area contributed by atoms with Crippen molar-refractivity contribution in [3.8, 4) is 0 Å². The van der Waals surface area contributed by atoms with Crippen molar-refractivity contribution in [1.82, 2.24) is 35.2 Å². The van der Waals surface area contributed by atoms with Crippen LogP contribution in [0.5, 0.6) is 0 Å². The summed E-state index contributed by atoms with van der Waals surface area (Å²) in [4.78, 5) is 27.9. The Kier molecular flexibility index (Phi) is 110. The molecule has 16 nitrogen and oxygen atoms in total. The number of nitrogens with two attached hydrogens (primary N) is 2. The normalized spacial score (nSPS) is 8.36. The van der Waals surface area contributed by atoms with Gasteiger partial charge in [-0.15, -0.1) is 10.1 Å². The number of hydrogen-bond acceptors (Lipinski definition) is 14. The topological polar surface area (TPSA) is 360 Å². The largest absolute Gasteiger partial charge is 0.550 e. The molecule has 0 spiro atoms. The van der Waals surface area contributed by atoms with Crippen LogP contribution < -0.4 is 56.9 Å². The van der Waals surface area contributed by atoms with Crippen molar-refractivity contribution in [2.75, 3.05) is 39.3 Å². The van der Waals surface area contributed by atoms with Gasteiger partial charge in [-0.1, -0.05) is 65.2 Å². The molecule has 0 radical (unpaired) electrons. The summed E-state index contributed by atoms with van der Waals surface area (Å²) >= 11 is 0. The number of nitrogens with zero attached hydrogens (tertiary/aromatic N) is 1. The van der Waals surface area contributed by atoms with Gasteiger partial charge in [0.25, 0.3) is 5.09 Å². The van der Waals surface area contributed by atoms with Crippen LogP contribution in [0.15, 0.2) is 0 Å². The van der Waals surface area contributed by atoms with Gasteiger partial charge >= 0.3 is 0 Å². The molecule has 0 aromatic heterocycles. The molecule has 0 amide bonds. The third-order valence-corrected chi connectivity index (χ3v) is 5.06. The van der Waals surface area contributed by atoms with E-state index in [2.05, 4.69) is 10.6 Å². The number of rotatable bonds is 23. The van der Waals surface area contributed by atoms with E-state index < -0.39 is 17.0 Å². The van der Waals surface area contributed by atoms with Gasteiger partial charge in [0, 0.05) is 67.2 Å². The first-order valence-corrected chi connectivity index (χ1v) is 14.2. The summed E-state index contributed by atoms with van der Waals surface area (Å²) in [5.41, 5.74) is 10.9. The second-order valence-electron chi connectivity index (χ2n) is 8.80. The third kappa shape index (κ3) is 114. The molecule has 0 bridgehead atoms. The minimum Gasteiger partial charge on any atom is -0.550 e. The molecule has 0 aliphatic heterocycles. The Bertz CT molecular complexity index is 469. The molecule has 0 heterocycles. The Morgan fingerprint density at radius 2 is 0.864 bits per heavy atom.